The van der Waals surface area contributed by atoms with E-state index in [2.05, 4.69) is 15.6 Å². The lowest BCUT2D eigenvalue weighted by atomic mass is 9.99. The van der Waals surface area contributed by atoms with Crippen LogP contribution in [0, 0.1) is 5.92 Å². The third-order valence-electron chi connectivity index (χ3n) is 3.19. The van der Waals surface area contributed by atoms with Crippen LogP contribution >= 0.6 is 0 Å². The SMILES string of the molecule is CCC(C)[C@H](NC(=O)NCCc1cccnc1)C(=O)O. The quantitative estimate of drug-likeness (QED) is 0.704. The van der Waals surface area contributed by atoms with Crippen LogP contribution in [0.4, 0.5) is 4.79 Å². The first-order valence-electron chi connectivity index (χ1n) is 6.70. The summed E-state index contributed by atoms with van der Waals surface area (Å²) in [6.45, 7) is 4.13. The molecule has 2 atom stereocenters. The fourth-order valence-corrected chi connectivity index (χ4v) is 1.74. The maximum Gasteiger partial charge on any atom is 0.326 e. The minimum absolute atomic E-state index is 0.114. The molecule has 1 aromatic rings. The maximum absolute atomic E-state index is 11.7. The van der Waals surface area contributed by atoms with Gasteiger partial charge in [-0.2, -0.15) is 0 Å². The summed E-state index contributed by atoms with van der Waals surface area (Å²) in [4.78, 5) is 26.7. The van der Waals surface area contributed by atoms with Crippen LogP contribution < -0.4 is 10.6 Å². The number of carbonyl (C=O) groups excluding carboxylic acids is 1. The molecule has 0 aliphatic rings. The highest BCUT2D eigenvalue weighted by Crippen LogP contribution is 2.07. The van der Waals surface area contributed by atoms with Gasteiger partial charge in [0.25, 0.3) is 0 Å². The van der Waals surface area contributed by atoms with Gasteiger partial charge in [0, 0.05) is 18.9 Å². The molecule has 1 unspecified atom stereocenters. The molecule has 0 spiro atoms. The first kappa shape index (κ1) is 15.9. The van der Waals surface area contributed by atoms with Crippen molar-refractivity contribution in [2.24, 2.45) is 5.92 Å². The Kier molecular flexibility index (Phi) is 6.49. The molecule has 0 radical (unpaired) electrons. The molecule has 0 bridgehead atoms. The van der Waals surface area contributed by atoms with Crippen LogP contribution in [0.1, 0.15) is 25.8 Å². The predicted molar refractivity (Wildman–Crippen MR) is 75.4 cm³/mol. The van der Waals surface area contributed by atoms with Gasteiger partial charge in [0.15, 0.2) is 0 Å². The molecule has 110 valence electrons. The fraction of sp³-hybridized carbons (Fsp3) is 0.500. The molecular weight excluding hydrogens is 258 g/mol. The monoisotopic (exact) mass is 279 g/mol. The van der Waals surface area contributed by atoms with Gasteiger partial charge < -0.3 is 15.7 Å². The zero-order chi connectivity index (χ0) is 15.0. The first-order chi connectivity index (χ1) is 9.54. The summed E-state index contributed by atoms with van der Waals surface area (Å²) in [7, 11) is 0. The lowest BCUT2D eigenvalue weighted by Crippen LogP contribution is -2.49. The maximum atomic E-state index is 11.7. The Morgan fingerprint density at radius 1 is 1.45 bits per heavy atom. The zero-order valence-electron chi connectivity index (χ0n) is 11.8. The summed E-state index contributed by atoms with van der Waals surface area (Å²) in [6, 6.07) is 2.44. The number of rotatable bonds is 7. The van der Waals surface area contributed by atoms with Crippen molar-refractivity contribution in [2.45, 2.75) is 32.7 Å². The molecule has 0 saturated carbocycles. The van der Waals surface area contributed by atoms with Crippen molar-refractivity contribution < 1.29 is 14.7 Å². The van der Waals surface area contributed by atoms with Gasteiger partial charge in [-0.05, 0) is 24.0 Å². The molecule has 0 saturated heterocycles. The molecule has 1 heterocycles. The standard InChI is InChI=1S/C14H21N3O3/c1-3-10(2)12(13(18)19)17-14(20)16-8-6-11-5-4-7-15-9-11/h4-5,7,9-10,12H,3,6,8H2,1-2H3,(H,18,19)(H2,16,17,20)/t10?,12-/m0/s1. The minimum Gasteiger partial charge on any atom is -0.480 e. The lowest BCUT2D eigenvalue weighted by molar-refractivity contribution is -0.140. The summed E-state index contributed by atoms with van der Waals surface area (Å²) in [5, 5.41) is 14.2. The number of nitrogens with zero attached hydrogens (tertiary/aromatic N) is 1. The highest BCUT2D eigenvalue weighted by molar-refractivity contribution is 5.82. The van der Waals surface area contributed by atoms with E-state index in [-0.39, 0.29) is 5.92 Å². The highest BCUT2D eigenvalue weighted by atomic mass is 16.4. The number of hydrogen-bond donors (Lipinski definition) is 3. The van der Waals surface area contributed by atoms with E-state index in [1.807, 2.05) is 19.1 Å². The normalized spacial score (nSPS) is 13.3. The molecule has 6 heteroatoms. The number of hydrogen-bond acceptors (Lipinski definition) is 3. The van der Waals surface area contributed by atoms with Crippen molar-refractivity contribution in [1.82, 2.24) is 15.6 Å². The minimum atomic E-state index is -1.01. The van der Waals surface area contributed by atoms with Crippen LogP contribution in [0.15, 0.2) is 24.5 Å². The Balaban J connectivity index is 2.37. The number of carboxylic acids is 1. The van der Waals surface area contributed by atoms with Crippen molar-refractivity contribution in [3.63, 3.8) is 0 Å². The molecule has 3 N–H and O–H groups in total. The highest BCUT2D eigenvalue weighted by Gasteiger charge is 2.24. The fourth-order valence-electron chi connectivity index (χ4n) is 1.74. The Morgan fingerprint density at radius 2 is 2.20 bits per heavy atom. The zero-order valence-corrected chi connectivity index (χ0v) is 11.8. The molecule has 20 heavy (non-hydrogen) atoms. The third-order valence-corrected chi connectivity index (χ3v) is 3.19. The van der Waals surface area contributed by atoms with E-state index in [4.69, 9.17) is 5.11 Å². The first-order valence-corrected chi connectivity index (χ1v) is 6.70. The largest absolute Gasteiger partial charge is 0.480 e. The summed E-state index contributed by atoms with van der Waals surface area (Å²) in [5.41, 5.74) is 1.02. The van der Waals surface area contributed by atoms with Crippen LogP contribution in [-0.4, -0.2) is 34.7 Å². The van der Waals surface area contributed by atoms with Gasteiger partial charge in [-0.1, -0.05) is 26.3 Å². The van der Waals surface area contributed by atoms with E-state index in [1.165, 1.54) is 0 Å². The van der Waals surface area contributed by atoms with Gasteiger partial charge in [0.1, 0.15) is 6.04 Å². The van der Waals surface area contributed by atoms with Gasteiger partial charge in [0.05, 0.1) is 0 Å². The topological polar surface area (TPSA) is 91.3 Å². The third kappa shape index (κ3) is 5.26. The van der Waals surface area contributed by atoms with Crippen LogP contribution in [0.3, 0.4) is 0 Å². The molecule has 6 nitrogen and oxygen atoms in total. The second-order valence-electron chi connectivity index (χ2n) is 4.71. The summed E-state index contributed by atoms with van der Waals surface area (Å²) in [5.74, 6) is -1.13. The number of carboxylic acid groups (broad SMARTS) is 1. The number of nitrogens with one attached hydrogen (secondary N) is 2. The summed E-state index contributed by atoms with van der Waals surface area (Å²) in [6.07, 6.45) is 4.77. The van der Waals surface area contributed by atoms with Crippen molar-refractivity contribution >= 4 is 12.0 Å². The van der Waals surface area contributed by atoms with Gasteiger partial charge in [-0.3, -0.25) is 4.98 Å². The Labute approximate surface area is 118 Å². The number of amides is 2. The molecule has 0 fully saturated rings. The number of pyridine rings is 1. The second kappa shape index (κ2) is 8.14. The van der Waals surface area contributed by atoms with Gasteiger partial charge in [-0.15, -0.1) is 0 Å². The van der Waals surface area contributed by atoms with Crippen molar-refractivity contribution in [2.75, 3.05) is 6.54 Å². The second-order valence-corrected chi connectivity index (χ2v) is 4.71. The van der Waals surface area contributed by atoms with Crippen LogP contribution in [-0.2, 0) is 11.2 Å². The lowest BCUT2D eigenvalue weighted by Gasteiger charge is -2.20. The number of aliphatic carboxylic acids is 1. The van der Waals surface area contributed by atoms with Crippen molar-refractivity contribution in [3.05, 3.63) is 30.1 Å². The molecular formula is C14H21N3O3. The van der Waals surface area contributed by atoms with Crippen LogP contribution in [0.2, 0.25) is 0 Å². The Bertz CT molecular complexity index is 437. The van der Waals surface area contributed by atoms with E-state index in [1.54, 1.807) is 19.3 Å². The van der Waals surface area contributed by atoms with E-state index >= 15 is 0 Å². The Hall–Kier alpha value is -2.11. The van der Waals surface area contributed by atoms with Crippen LogP contribution in [0.5, 0.6) is 0 Å². The van der Waals surface area contributed by atoms with E-state index in [0.29, 0.717) is 19.4 Å². The molecule has 1 rings (SSSR count). The smallest absolute Gasteiger partial charge is 0.326 e. The van der Waals surface area contributed by atoms with Gasteiger partial charge in [0.2, 0.25) is 0 Å². The molecule has 0 aliphatic carbocycles. The average molecular weight is 279 g/mol. The van der Waals surface area contributed by atoms with E-state index in [0.717, 1.165) is 5.56 Å². The predicted octanol–water partition coefficient (Wildman–Crippen LogP) is 1.42. The van der Waals surface area contributed by atoms with Crippen molar-refractivity contribution in [1.29, 1.82) is 0 Å². The van der Waals surface area contributed by atoms with Crippen LogP contribution in [0.25, 0.3) is 0 Å². The molecule has 2 amide bonds. The molecule has 0 aromatic carbocycles. The number of carbonyl (C=O) groups is 2. The average Bonchev–Trinajstić information content (AvgIpc) is 2.45. The number of urea groups is 1. The summed E-state index contributed by atoms with van der Waals surface area (Å²) >= 11 is 0. The Morgan fingerprint density at radius 3 is 2.75 bits per heavy atom. The van der Waals surface area contributed by atoms with Gasteiger partial charge in [-0.25, -0.2) is 9.59 Å². The summed E-state index contributed by atoms with van der Waals surface area (Å²) < 4.78 is 0. The van der Waals surface area contributed by atoms with E-state index < -0.39 is 18.0 Å². The van der Waals surface area contributed by atoms with Crippen molar-refractivity contribution in [3.8, 4) is 0 Å². The molecule has 1 aromatic heterocycles. The van der Waals surface area contributed by atoms with Gasteiger partial charge >= 0.3 is 12.0 Å². The van der Waals surface area contributed by atoms with E-state index in [9.17, 15) is 9.59 Å². The molecule has 0 aliphatic heterocycles. The number of aromatic nitrogens is 1.